The number of hydrogen-bond acceptors (Lipinski definition) is 2. The lowest BCUT2D eigenvalue weighted by molar-refractivity contribution is 0.225. The van der Waals surface area contributed by atoms with Gasteiger partial charge < -0.3 is 0 Å². The van der Waals surface area contributed by atoms with E-state index in [2.05, 4.69) is 52.0 Å². The molecule has 1 fully saturated rings. The van der Waals surface area contributed by atoms with Crippen molar-refractivity contribution in [2.24, 2.45) is 5.41 Å². The summed E-state index contributed by atoms with van der Waals surface area (Å²) in [5, 5.41) is 4.32. The fourth-order valence-electron chi connectivity index (χ4n) is 2.93. The number of fused-ring (bicyclic) bond motifs is 1. The third-order valence-corrected chi connectivity index (χ3v) is 4.48. The fourth-order valence-corrected chi connectivity index (χ4v) is 3.27. The lowest BCUT2D eigenvalue weighted by Crippen LogP contribution is -2.20. The summed E-state index contributed by atoms with van der Waals surface area (Å²) in [5.74, 6) is 0.637. The number of rotatable bonds is 1. The maximum atomic E-state index is 4.49. The second-order valence-corrected chi connectivity index (χ2v) is 6.76. The minimum Gasteiger partial charge on any atom is -0.220 e. The zero-order chi connectivity index (χ0) is 12.8. The molecule has 0 saturated heterocycles. The lowest BCUT2D eigenvalue weighted by atomic mass is 9.71. The van der Waals surface area contributed by atoms with Crippen molar-refractivity contribution in [3.8, 4) is 0 Å². The Morgan fingerprint density at radius 1 is 1.33 bits per heavy atom. The van der Waals surface area contributed by atoms with Crippen LogP contribution >= 0.6 is 15.9 Å². The van der Waals surface area contributed by atoms with Crippen molar-refractivity contribution in [3.63, 3.8) is 0 Å². The van der Waals surface area contributed by atoms with Gasteiger partial charge in [-0.2, -0.15) is 0 Å². The molecule has 18 heavy (non-hydrogen) atoms. The molecule has 0 spiro atoms. The van der Waals surface area contributed by atoms with Gasteiger partial charge in [-0.25, -0.2) is 9.50 Å². The Labute approximate surface area is 116 Å². The Hall–Kier alpha value is -0.900. The van der Waals surface area contributed by atoms with Crippen molar-refractivity contribution >= 4 is 21.6 Å². The van der Waals surface area contributed by atoms with Gasteiger partial charge in [-0.15, -0.1) is 5.10 Å². The number of halogens is 1. The Balaban J connectivity index is 1.95. The van der Waals surface area contributed by atoms with Gasteiger partial charge >= 0.3 is 0 Å². The van der Waals surface area contributed by atoms with Gasteiger partial charge in [-0.1, -0.05) is 19.9 Å². The molecule has 3 nitrogen and oxygen atoms in total. The second kappa shape index (κ2) is 4.34. The van der Waals surface area contributed by atoms with Gasteiger partial charge in [0.15, 0.2) is 5.65 Å². The monoisotopic (exact) mass is 307 g/mol. The summed E-state index contributed by atoms with van der Waals surface area (Å²) < 4.78 is 2.55. The normalized spacial score (nSPS) is 20.4. The number of nitrogens with zero attached hydrogens (tertiary/aromatic N) is 3. The minimum atomic E-state index is 0.510. The number of hydrogen-bond donors (Lipinski definition) is 0. The summed E-state index contributed by atoms with van der Waals surface area (Å²) >= 11 is 3.36. The lowest BCUT2D eigenvalue weighted by Gasteiger charge is -2.34. The van der Waals surface area contributed by atoms with E-state index in [1.165, 1.54) is 31.2 Å². The summed E-state index contributed by atoms with van der Waals surface area (Å²) in [5.41, 5.74) is 2.87. The first-order chi connectivity index (χ1) is 8.55. The van der Waals surface area contributed by atoms with Crippen LogP contribution in [0.15, 0.2) is 23.1 Å². The molecule has 1 aliphatic carbocycles. The molecule has 0 aliphatic heterocycles. The Morgan fingerprint density at radius 2 is 2.06 bits per heavy atom. The van der Waals surface area contributed by atoms with E-state index in [-0.39, 0.29) is 0 Å². The summed E-state index contributed by atoms with van der Waals surface area (Å²) in [7, 11) is 0. The predicted molar refractivity (Wildman–Crippen MR) is 75.7 cm³/mol. The van der Waals surface area contributed by atoms with Gasteiger partial charge in [-0.05, 0) is 59.0 Å². The van der Waals surface area contributed by atoms with Crippen LogP contribution in [0.3, 0.4) is 0 Å². The van der Waals surface area contributed by atoms with Crippen LogP contribution in [-0.4, -0.2) is 14.6 Å². The third-order valence-electron chi connectivity index (χ3n) is 4.15. The smallest absolute Gasteiger partial charge is 0.218 e. The summed E-state index contributed by atoms with van der Waals surface area (Å²) in [6.07, 6.45) is 7.08. The van der Waals surface area contributed by atoms with E-state index >= 15 is 0 Å². The Bertz CT molecular complexity index is 563. The molecule has 0 bridgehead atoms. The van der Waals surface area contributed by atoms with Crippen LogP contribution in [0.2, 0.25) is 0 Å². The van der Waals surface area contributed by atoms with E-state index < -0.39 is 0 Å². The molecule has 2 aromatic heterocycles. The predicted octanol–water partition coefficient (Wildman–Crippen LogP) is 4.18. The average Bonchev–Trinajstić information content (AvgIpc) is 2.69. The largest absolute Gasteiger partial charge is 0.220 e. The van der Waals surface area contributed by atoms with E-state index in [0.29, 0.717) is 16.1 Å². The highest BCUT2D eigenvalue weighted by molar-refractivity contribution is 9.10. The van der Waals surface area contributed by atoms with Crippen LogP contribution in [0.5, 0.6) is 0 Å². The maximum absolute atomic E-state index is 4.49. The summed E-state index contributed by atoms with van der Waals surface area (Å²) in [4.78, 5) is 4.49. The first-order valence-electron chi connectivity index (χ1n) is 6.56. The SMILES string of the molecule is CC1(C)CCC(c2cccn3nc(Br)nc23)CC1. The van der Waals surface area contributed by atoms with E-state index in [1.807, 2.05) is 10.7 Å². The molecule has 3 rings (SSSR count). The van der Waals surface area contributed by atoms with Gasteiger partial charge in [0, 0.05) is 11.8 Å². The van der Waals surface area contributed by atoms with Crippen molar-refractivity contribution in [2.45, 2.75) is 45.4 Å². The van der Waals surface area contributed by atoms with Gasteiger partial charge in [0.2, 0.25) is 4.73 Å². The molecule has 4 heteroatoms. The maximum Gasteiger partial charge on any atom is 0.218 e. The molecule has 1 aliphatic rings. The van der Waals surface area contributed by atoms with Crippen LogP contribution in [0, 0.1) is 5.41 Å². The van der Waals surface area contributed by atoms with E-state index in [1.54, 1.807) is 0 Å². The zero-order valence-electron chi connectivity index (χ0n) is 10.9. The van der Waals surface area contributed by atoms with Crippen molar-refractivity contribution < 1.29 is 0 Å². The Kier molecular flexibility index (Phi) is 2.93. The molecule has 1 saturated carbocycles. The first kappa shape index (κ1) is 12.2. The molecule has 0 amide bonds. The summed E-state index contributed by atoms with van der Waals surface area (Å²) in [6, 6.07) is 4.28. The van der Waals surface area contributed by atoms with Crippen LogP contribution < -0.4 is 0 Å². The van der Waals surface area contributed by atoms with Gasteiger partial charge in [0.05, 0.1) is 0 Å². The molecule has 0 atom stereocenters. The fraction of sp³-hybridized carbons (Fsp3) is 0.571. The highest BCUT2D eigenvalue weighted by Gasteiger charge is 2.28. The van der Waals surface area contributed by atoms with Crippen LogP contribution in [0.25, 0.3) is 5.65 Å². The van der Waals surface area contributed by atoms with Gasteiger partial charge in [0.1, 0.15) is 0 Å². The highest BCUT2D eigenvalue weighted by atomic mass is 79.9. The minimum absolute atomic E-state index is 0.510. The van der Waals surface area contributed by atoms with Gasteiger partial charge in [-0.3, -0.25) is 0 Å². The first-order valence-corrected chi connectivity index (χ1v) is 7.35. The summed E-state index contributed by atoms with van der Waals surface area (Å²) in [6.45, 7) is 4.74. The molecule has 0 N–H and O–H groups in total. The molecule has 0 unspecified atom stereocenters. The number of pyridine rings is 1. The van der Waals surface area contributed by atoms with E-state index in [9.17, 15) is 0 Å². The van der Waals surface area contributed by atoms with Crippen LogP contribution in [-0.2, 0) is 0 Å². The molecule has 2 heterocycles. The molecule has 96 valence electrons. The second-order valence-electron chi connectivity index (χ2n) is 6.05. The van der Waals surface area contributed by atoms with Crippen LogP contribution in [0.1, 0.15) is 51.0 Å². The molecule has 0 aromatic carbocycles. The van der Waals surface area contributed by atoms with E-state index in [4.69, 9.17) is 0 Å². The van der Waals surface area contributed by atoms with Crippen molar-refractivity contribution in [2.75, 3.05) is 0 Å². The van der Waals surface area contributed by atoms with Crippen molar-refractivity contribution in [3.05, 3.63) is 28.6 Å². The molecule has 0 radical (unpaired) electrons. The average molecular weight is 308 g/mol. The third kappa shape index (κ3) is 2.18. The molecule has 2 aromatic rings. The van der Waals surface area contributed by atoms with Crippen molar-refractivity contribution in [1.29, 1.82) is 0 Å². The quantitative estimate of drug-likeness (QED) is 0.791. The topological polar surface area (TPSA) is 30.2 Å². The zero-order valence-corrected chi connectivity index (χ0v) is 12.4. The van der Waals surface area contributed by atoms with Crippen LogP contribution in [0.4, 0.5) is 0 Å². The van der Waals surface area contributed by atoms with Gasteiger partial charge in [0.25, 0.3) is 0 Å². The molecular weight excluding hydrogens is 290 g/mol. The van der Waals surface area contributed by atoms with E-state index in [0.717, 1.165) is 5.65 Å². The standard InChI is InChI=1S/C14H18BrN3/c1-14(2)7-5-10(6-8-14)11-4-3-9-18-12(11)16-13(15)17-18/h3-4,9-10H,5-8H2,1-2H3. The number of aromatic nitrogens is 3. The highest BCUT2D eigenvalue weighted by Crippen LogP contribution is 2.43. The van der Waals surface area contributed by atoms with Crippen molar-refractivity contribution in [1.82, 2.24) is 14.6 Å². The Morgan fingerprint density at radius 3 is 2.78 bits per heavy atom. The molecular formula is C14H18BrN3.